The molecule has 10 heteroatoms. The van der Waals surface area contributed by atoms with Crippen molar-refractivity contribution in [3.63, 3.8) is 0 Å². The van der Waals surface area contributed by atoms with E-state index in [2.05, 4.69) is 4.72 Å². The molecule has 9 nitrogen and oxygen atoms in total. The van der Waals surface area contributed by atoms with Crippen LogP contribution in [0.3, 0.4) is 0 Å². The quantitative estimate of drug-likeness (QED) is 0.600. The maximum Gasteiger partial charge on any atom is 0.229 e. The van der Waals surface area contributed by atoms with Crippen molar-refractivity contribution in [3.05, 3.63) is 59.0 Å². The number of imide groups is 1. The Balaban J connectivity index is 2.22. The summed E-state index contributed by atoms with van der Waals surface area (Å²) in [6.45, 7) is 0. The van der Waals surface area contributed by atoms with E-state index in [9.17, 15) is 22.8 Å². The highest BCUT2D eigenvalue weighted by atomic mass is 32.2. The second kappa shape index (κ2) is 7.53. The van der Waals surface area contributed by atoms with Gasteiger partial charge in [0.05, 0.1) is 17.3 Å². The van der Waals surface area contributed by atoms with Crippen LogP contribution in [0.1, 0.15) is 0 Å². The van der Waals surface area contributed by atoms with Gasteiger partial charge in [0.1, 0.15) is 23.3 Å². The molecular formula is C18H14N2O7S. The second-order valence-electron chi connectivity index (χ2n) is 5.70. The number of fused-ring (bicyclic) bond motifs is 1. The third-order valence-electron chi connectivity index (χ3n) is 3.63. The number of amides is 2. The zero-order valence-corrected chi connectivity index (χ0v) is 15.3. The lowest BCUT2D eigenvalue weighted by molar-refractivity contribution is -0.114. The van der Waals surface area contributed by atoms with E-state index in [4.69, 9.17) is 9.15 Å². The zero-order valence-electron chi connectivity index (χ0n) is 14.5. The molecule has 0 saturated carbocycles. The summed E-state index contributed by atoms with van der Waals surface area (Å²) in [7, 11) is -3.65. The van der Waals surface area contributed by atoms with Gasteiger partial charge in [-0.15, -0.1) is 0 Å². The summed E-state index contributed by atoms with van der Waals surface area (Å²) < 4.78 is 36.7. The predicted octanol–water partition coefficient (Wildman–Crippen LogP) is 2.08. The maximum atomic E-state index is 12.7. The first-order valence-corrected chi connectivity index (χ1v) is 9.70. The highest BCUT2D eigenvalue weighted by molar-refractivity contribution is 7.92. The number of carbonyl (C=O) groups excluding carboxylic acids is 2. The molecule has 3 rings (SSSR count). The molecule has 1 aromatic heterocycles. The Kier molecular flexibility index (Phi) is 5.14. The van der Waals surface area contributed by atoms with Crippen LogP contribution in [-0.4, -0.2) is 27.5 Å². The third kappa shape index (κ3) is 4.01. The predicted molar refractivity (Wildman–Crippen MR) is 102 cm³/mol. The summed E-state index contributed by atoms with van der Waals surface area (Å²) in [4.78, 5) is 35.1. The second-order valence-corrected chi connectivity index (χ2v) is 7.45. The van der Waals surface area contributed by atoms with Gasteiger partial charge in [-0.2, -0.15) is 0 Å². The van der Waals surface area contributed by atoms with E-state index < -0.39 is 15.5 Å². The van der Waals surface area contributed by atoms with Crippen molar-refractivity contribution in [1.29, 1.82) is 0 Å². The molecule has 1 heterocycles. The normalized spacial score (nSPS) is 11.0. The fourth-order valence-corrected chi connectivity index (χ4v) is 3.00. The van der Waals surface area contributed by atoms with Gasteiger partial charge in [0.25, 0.3) is 0 Å². The Labute approximate surface area is 159 Å². The topological polar surface area (TPSA) is 123 Å². The van der Waals surface area contributed by atoms with Crippen molar-refractivity contribution < 1.29 is 27.2 Å². The van der Waals surface area contributed by atoms with Crippen LogP contribution in [0.5, 0.6) is 11.5 Å². The Morgan fingerprint density at radius 3 is 2.39 bits per heavy atom. The van der Waals surface area contributed by atoms with Crippen LogP contribution in [0.4, 0.5) is 11.4 Å². The number of sulfonamides is 1. The highest BCUT2D eigenvalue weighted by Gasteiger charge is 2.18. The molecule has 0 bridgehead atoms. The van der Waals surface area contributed by atoms with Gasteiger partial charge in [-0.3, -0.25) is 19.1 Å². The lowest BCUT2D eigenvalue weighted by atomic mass is 10.2. The fourth-order valence-electron chi connectivity index (χ4n) is 2.44. The maximum absolute atomic E-state index is 12.7. The molecule has 3 aromatic rings. The molecule has 0 atom stereocenters. The minimum atomic E-state index is -3.65. The highest BCUT2D eigenvalue weighted by Crippen LogP contribution is 2.34. The van der Waals surface area contributed by atoms with Crippen molar-refractivity contribution in [2.75, 3.05) is 15.9 Å². The molecule has 0 saturated heterocycles. The molecule has 0 spiro atoms. The van der Waals surface area contributed by atoms with E-state index in [1.54, 1.807) is 30.3 Å². The summed E-state index contributed by atoms with van der Waals surface area (Å²) in [5.74, 6) is 0.443. The molecule has 1 N–H and O–H groups in total. The molecule has 2 aromatic carbocycles. The number of nitrogens with zero attached hydrogens (tertiary/aromatic N) is 1. The van der Waals surface area contributed by atoms with Gasteiger partial charge in [-0.25, -0.2) is 13.3 Å². The van der Waals surface area contributed by atoms with E-state index >= 15 is 0 Å². The monoisotopic (exact) mass is 402 g/mol. The summed E-state index contributed by atoms with van der Waals surface area (Å²) >= 11 is 0. The van der Waals surface area contributed by atoms with E-state index in [1.165, 1.54) is 12.1 Å². The number of hydrogen-bond donors (Lipinski definition) is 1. The lowest BCUT2D eigenvalue weighted by Crippen LogP contribution is -2.24. The van der Waals surface area contributed by atoms with E-state index in [-0.39, 0.29) is 40.9 Å². The minimum Gasteiger partial charge on any atom is -0.462 e. The number of benzene rings is 2. The summed E-state index contributed by atoms with van der Waals surface area (Å²) in [6.07, 6.45) is 2.25. The average molecular weight is 402 g/mol. The molecule has 0 fully saturated rings. The van der Waals surface area contributed by atoms with Gasteiger partial charge >= 0.3 is 0 Å². The Morgan fingerprint density at radius 2 is 1.79 bits per heavy atom. The molecule has 0 radical (unpaired) electrons. The molecule has 0 aliphatic heterocycles. The van der Waals surface area contributed by atoms with Crippen molar-refractivity contribution in [3.8, 4) is 11.5 Å². The fraction of sp³-hybridized carbons (Fsp3) is 0.0556. The first-order valence-electron chi connectivity index (χ1n) is 7.81. The molecule has 0 aliphatic rings. The van der Waals surface area contributed by atoms with Crippen molar-refractivity contribution in [2.45, 2.75) is 0 Å². The van der Waals surface area contributed by atoms with Gasteiger partial charge in [-0.1, -0.05) is 18.2 Å². The number of anilines is 2. The van der Waals surface area contributed by atoms with Crippen molar-refractivity contribution in [1.82, 2.24) is 0 Å². The van der Waals surface area contributed by atoms with Crippen LogP contribution in [0.25, 0.3) is 11.0 Å². The molecular weight excluding hydrogens is 388 g/mol. The zero-order chi connectivity index (χ0) is 20.3. The first kappa shape index (κ1) is 19.1. The number of carbonyl (C=O) groups is 2. The van der Waals surface area contributed by atoms with Crippen LogP contribution in [0.15, 0.2) is 57.9 Å². The molecule has 0 aliphatic carbocycles. The van der Waals surface area contributed by atoms with E-state index in [0.29, 0.717) is 10.6 Å². The summed E-state index contributed by atoms with van der Waals surface area (Å²) in [5.41, 5.74) is -0.856. The van der Waals surface area contributed by atoms with Crippen molar-refractivity contribution in [2.24, 2.45) is 0 Å². The number of rotatable bonds is 7. The van der Waals surface area contributed by atoms with Crippen LogP contribution >= 0.6 is 0 Å². The number of hydrogen-bond acceptors (Lipinski definition) is 7. The summed E-state index contributed by atoms with van der Waals surface area (Å²) in [6, 6.07) is 11.1. The smallest absolute Gasteiger partial charge is 0.229 e. The SMILES string of the molecule is CS(=O)(=O)Nc1cc2occ(N(C=O)C=O)c(=O)c2cc1Oc1ccccc1. The average Bonchev–Trinajstić information content (AvgIpc) is 2.65. The Bertz CT molecular complexity index is 1200. The van der Waals surface area contributed by atoms with Crippen LogP contribution in [-0.2, 0) is 19.6 Å². The van der Waals surface area contributed by atoms with Crippen LogP contribution in [0.2, 0.25) is 0 Å². The van der Waals surface area contributed by atoms with Gasteiger partial charge < -0.3 is 9.15 Å². The number of para-hydroxylation sites is 1. The van der Waals surface area contributed by atoms with Gasteiger partial charge in [0.15, 0.2) is 5.75 Å². The van der Waals surface area contributed by atoms with Gasteiger partial charge in [-0.05, 0) is 18.2 Å². The molecule has 2 amide bonds. The third-order valence-corrected chi connectivity index (χ3v) is 4.22. The van der Waals surface area contributed by atoms with Crippen LogP contribution in [0, 0.1) is 0 Å². The largest absolute Gasteiger partial charge is 0.462 e. The molecule has 0 unspecified atom stereocenters. The van der Waals surface area contributed by atoms with Gasteiger partial charge in [0.2, 0.25) is 28.3 Å². The Hall–Kier alpha value is -3.66. The van der Waals surface area contributed by atoms with E-state index in [0.717, 1.165) is 12.5 Å². The Morgan fingerprint density at radius 1 is 1.11 bits per heavy atom. The van der Waals surface area contributed by atoms with Gasteiger partial charge in [0, 0.05) is 6.07 Å². The van der Waals surface area contributed by atoms with Crippen molar-refractivity contribution >= 4 is 45.2 Å². The first-order chi connectivity index (χ1) is 13.3. The molecule has 28 heavy (non-hydrogen) atoms. The number of nitrogens with one attached hydrogen (secondary N) is 1. The lowest BCUT2D eigenvalue weighted by Gasteiger charge is -2.14. The summed E-state index contributed by atoms with van der Waals surface area (Å²) in [5, 5.41) is -0.00354. The van der Waals surface area contributed by atoms with E-state index in [1.807, 2.05) is 0 Å². The van der Waals surface area contributed by atoms with Crippen LogP contribution < -0.4 is 19.8 Å². The standard InChI is InChI=1S/C18H14N2O7S/c1-28(24,25)19-14-8-16-13(7-17(14)27-12-5-3-2-4-6-12)18(23)15(9-26-16)20(10-21)11-22/h2-11,19H,1H3. The molecule has 144 valence electrons. The number of ether oxygens (including phenoxy) is 1. The minimum absolute atomic E-state index is 0.00354.